The van der Waals surface area contributed by atoms with Crippen molar-refractivity contribution in [2.45, 2.75) is 30.4 Å². The summed E-state index contributed by atoms with van der Waals surface area (Å²) in [6, 6.07) is 1.76. The molecule has 0 radical (unpaired) electrons. The number of hydrogen-bond acceptors (Lipinski definition) is 3. The van der Waals surface area contributed by atoms with Crippen molar-refractivity contribution in [3.8, 4) is 0 Å². The van der Waals surface area contributed by atoms with Crippen molar-refractivity contribution in [1.29, 1.82) is 0 Å². The summed E-state index contributed by atoms with van der Waals surface area (Å²) in [4.78, 5) is 0. The molecule has 1 fully saturated rings. The van der Waals surface area contributed by atoms with Crippen molar-refractivity contribution >= 4 is 53.2 Å². The molecule has 1 unspecified atom stereocenters. The van der Waals surface area contributed by atoms with Gasteiger partial charge in [-0.1, -0.05) is 15.9 Å². The zero-order valence-electron chi connectivity index (χ0n) is 10.7. The first-order valence-electron chi connectivity index (χ1n) is 6.27. The van der Waals surface area contributed by atoms with Crippen LogP contribution in [0, 0.1) is 12.8 Å². The number of halogens is 2. The van der Waals surface area contributed by atoms with Crippen molar-refractivity contribution in [1.82, 2.24) is 4.31 Å². The second kappa shape index (κ2) is 6.56. The van der Waals surface area contributed by atoms with E-state index in [9.17, 15) is 8.42 Å². The van der Waals surface area contributed by atoms with Crippen LogP contribution >= 0.6 is 43.2 Å². The molecule has 0 saturated carbocycles. The van der Waals surface area contributed by atoms with Gasteiger partial charge in [0.15, 0.2) is 0 Å². The fourth-order valence-electron chi connectivity index (χ4n) is 2.32. The Labute approximate surface area is 135 Å². The van der Waals surface area contributed by atoms with Crippen LogP contribution in [0.4, 0.5) is 0 Å². The lowest BCUT2D eigenvalue weighted by Crippen LogP contribution is -2.39. The Morgan fingerprint density at radius 2 is 2.26 bits per heavy atom. The van der Waals surface area contributed by atoms with E-state index in [2.05, 4.69) is 31.9 Å². The van der Waals surface area contributed by atoms with Gasteiger partial charge in [-0.2, -0.15) is 4.31 Å². The zero-order valence-corrected chi connectivity index (χ0v) is 15.5. The highest BCUT2D eigenvalue weighted by atomic mass is 79.9. The maximum atomic E-state index is 12.6. The second-order valence-corrected chi connectivity index (χ2v) is 10.2. The normalized spacial score (nSPS) is 21.7. The van der Waals surface area contributed by atoms with Crippen LogP contribution in [-0.4, -0.2) is 31.1 Å². The SMILES string of the molecule is Cc1cc(S(=O)(=O)N2CCCC(CCBr)C2)sc1Br. The molecule has 0 spiro atoms. The summed E-state index contributed by atoms with van der Waals surface area (Å²) >= 11 is 8.15. The van der Waals surface area contributed by atoms with E-state index in [0.717, 1.165) is 33.9 Å². The van der Waals surface area contributed by atoms with Gasteiger partial charge in [0.25, 0.3) is 10.0 Å². The van der Waals surface area contributed by atoms with Gasteiger partial charge in [0.1, 0.15) is 4.21 Å². The number of hydrogen-bond donors (Lipinski definition) is 0. The highest BCUT2D eigenvalue weighted by Gasteiger charge is 2.31. The lowest BCUT2D eigenvalue weighted by molar-refractivity contribution is 0.263. The molecule has 0 aromatic carbocycles. The van der Waals surface area contributed by atoms with Crippen LogP contribution in [-0.2, 0) is 10.0 Å². The maximum Gasteiger partial charge on any atom is 0.252 e. The summed E-state index contributed by atoms with van der Waals surface area (Å²) in [7, 11) is -3.31. The molecule has 2 rings (SSSR count). The highest BCUT2D eigenvalue weighted by molar-refractivity contribution is 9.11. The Morgan fingerprint density at radius 1 is 1.53 bits per heavy atom. The number of aryl methyl sites for hydroxylation is 1. The van der Waals surface area contributed by atoms with Gasteiger partial charge in [-0.15, -0.1) is 11.3 Å². The molecule has 1 aliphatic heterocycles. The quantitative estimate of drug-likeness (QED) is 0.676. The number of piperidine rings is 1. The Morgan fingerprint density at radius 3 is 2.84 bits per heavy atom. The Hall–Kier alpha value is 0.570. The van der Waals surface area contributed by atoms with Gasteiger partial charge in [0.05, 0.1) is 3.79 Å². The molecule has 7 heteroatoms. The van der Waals surface area contributed by atoms with Crippen molar-refractivity contribution in [3.05, 3.63) is 15.4 Å². The lowest BCUT2D eigenvalue weighted by atomic mass is 9.97. The standard InChI is InChI=1S/C12H17Br2NO2S2/c1-9-7-11(18-12(9)14)19(16,17)15-6-2-3-10(8-15)4-5-13/h7,10H,2-6,8H2,1H3. The van der Waals surface area contributed by atoms with Crippen molar-refractivity contribution < 1.29 is 8.42 Å². The fourth-order valence-corrected chi connectivity index (χ4v) is 6.90. The molecule has 19 heavy (non-hydrogen) atoms. The minimum Gasteiger partial charge on any atom is -0.206 e. The predicted octanol–water partition coefficient (Wildman–Crippen LogP) is 4.00. The third-order valence-corrected chi connectivity index (χ3v) is 8.34. The number of thiophene rings is 1. The molecule has 0 aliphatic carbocycles. The third kappa shape index (κ3) is 3.61. The fraction of sp³-hybridized carbons (Fsp3) is 0.667. The van der Waals surface area contributed by atoms with Gasteiger partial charge < -0.3 is 0 Å². The van der Waals surface area contributed by atoms with Crippen LogP contribution in [0.25, 0.3) is 0 Å². The average molecular weight is 431 g/mol. The summed E-state index contributed by atoms with van der Waals surface area (Å²) in [6.45, 7) is 3.22. The van der Waals surface area contributed by atoms with E-state index in [1.54, 1.807) is 10.4 Å². The van der Waals surface area contributed by atoms with E-state index >= 15 is 0 Å². The van der Waals surface area contributed by atoms with Crippen LogP contribution in [0.15, 0.2) is 14.1 Å². The maximum absolute atomic E-state index is 12.6. The number of sulfonamides is 1. The first kappa shape index (κ1) is 15.9. The van der Waals surface area contributed by atoms with Gasteiger partial charge in [-0.3, -0.25) is 0 Å². The molecular weight excluding hydrogens is 414 g/mol. The highest BCUT2D eigenvalue weighted by Crippen LogP contribution is 2.34. The van der Waals surface area contributed by atoms with Crippen LogP contribution < -0.4 is 0 Å². The molecule has 0 bridgehead atoms. The van der Waals surface area contributed by atoms with E-state index in [4.69, 9.17) is 0 Å². The molecule has 0 N–H and O–H groups in total. The van der Waals surface area contributed by atoms with E-state index in [-0.39, 0.29) is 0 Å². The summed E-state index contributed by atoms with van der Waals surface area (Å²) in [5, 5.41) is 0.940. The average Bonchev–Trinajstić information content (AvgIpc) is 2.71. The van der Waals surface area contributed by atoms with Crippen LogP contribution in [0.3, 0.4) is 0 Å². The molecule has 2 heterocycles. The van der Waals surface area contributed by atoms with Crippen LogP contribution in [0.1, 0.15) is 24.8 Å². The molecule has 1 atom stereocenters. The Bertz CT molecular complexity index is 520. The first-order valence-corrected chi connectivity index (χ1v) is 10.4. The molecule has 108 valence electrons. The number of nitrogens with zero attached hydrogens (tertiary/aromatic N) is 1. The summed E-state index contributed by atoms with van der Waals surface area (Å²) < 4.78 is 28.2. The van der Waals surface area contributed by atoms with Crippen molar-refractivity contribution in [3.63, 3.8) is 0 Å². The van der Waals surface area contributed by atoms with Gasteiger partial charge in [-0.05, 0) is 59.7 Å². The van der Waals surface area contributed by atoms with Crippen molar-refractivity contribution in [2.24, 2.45) is 5.92 Å². The minimum absolute atomic E-state index is 0.455. The van der Waals surface area contributed by atoms with Gasteiger partial charge in [0, 0.05) is 18.4 Å². The Kier molecular flexibility index (Phi) is 5.50. The Balaban J connectivity index is 2.19. The van der Waals surface area contributed by atoms with Gasteiger partial charge >= 0.3 is 0 Å². The molecular formula is C12H17Br2NO2S2. The first-order chi connectivity index (χ1) is 8.95. The van der Waals surface area contributed by atoms with E-state index in [1.807, 2.05) is 6.92 Å². The van der Waals surface area contributed by atoms with Crippen molar-refractivity contribution in [2.75, 3.05) is 18.4 Å². The number of alkyl halides is 1. The minimum atomic E-state index is -3.31. The molecule has 0 amide bonds. The largest absolute Gasteiger partial charge is 0.252 e. The summed E-state index contributed by atoms with van der Waals surface area (Å²) in [6.07, 6.45) is 3.13. The molecule has 3 nitrogen and oxygen atoms in total. The monoisotopic (exact) mass is 429 g/mol. The van der Waals surface area contributed by atoms with Gasteiger partial charge in [-0.25, -0.2) is 8.42 Å². The lowest BCUT2D eigenvalue weighted by Gasteiger charge is -2.31. The predicted molar refractivity (Wildman–Crippen MR) is 86.6 cm³/mol. The summed E-state index contributed by atoms with van der Waals surface area (Å²) in [5.41, 5.74) is 0.984. The van der Waals surface area contributed by atoms with E-state index in [0.29, 0.717) is 23.2 Å². The zero-order chi connectivity index (χ0) is 14.0. The van der Waals surface area contributed by atoms with E-state index < -0.39 is 10.0 Å². The molecule has 1 aromatic rings. The van der Waals surface area contributed by atoms with Crippen LogP contribution in [0.5, 0.6) is 0 Å². The molecule has 1 aromatic heterocycles. The van der Waals surface area contributed by atoms with Gasteiger partial charge in [0.2, 0.25) is 0 Å². The smallest absolute Gasteiger partial charge is 0.206 e. The second-order valence-electron chi connectivity index (χ2n) is 4.87. The topological polar surface area (TPSA) is 37.4 Å². The number of rotatable bonds is 4. The summed E-state index contributed by atoms with van der Waals surface area (Å²) in [5.74, 6) is 0.479. The van der Waals surface area contributed by atoms with Crippen LogP contribution in [0.2, 0.25) is 0 Å². The molecule has 1 aliphatic rings. The third-order valence-electron chi connectivity index (χ3n) is 3.43. The molecule has 1 saturated heterocycles. The van der Waals surface area contributed by atoms with E-state index in [1.165, 1.54) is 11.3 Å².